The van der Waals surface area contributed by atoms with Crippen molar-refractivity contribution in [3.63, 3.8) is 0 Å². The second-order valence-corrected chi connectivity index (χ2v) is 6.72. The van der Waals surface area contributed by atoms with Crippen molar-refractivity contribution in [3.8, 4) is 0 Å². The Morgan fingerprint density at radius 3 is 2.81 bits per heavy atom. The van der Waals surface area contributed by atoms with Crippen LogP contribution in [-0.4, -0.2) is 25.9 Å². The average Bonchev–Trinajstić information content (AvgIpc) is 3.22. The van der Waals surface area contributed by atoms with Crippen molar-refractivity contribution in [2.45, 2.75) is 52.9 Å². The van der Waals surface area contributed by atoms with Gasteiger partial charge >= 0.3 is 0 Å². The highest BCUT2D eigenvalue weighted by Crippen LogP contribution is 2.22. The summed E-state index contributed by atoms with van der Waals surface area (Å²) in [5.74, 6) is 2.73. The van der Waals surface area contributed by atoms with Crippen LogP contribution in [0.2, 0.25) is 0 Å². The van der Waals surface area contributed by atoms with E-state index in [1.165, 1.54) is 6.39 Å². The summed E-state index contributed by atoms with van der Waals surface area (Å²) >= 11 is 0. The molecule has 26 heavy (non-hydrogen) atoms. The normalized spacial score (nSPS) is 13.7. The molecule has 3 rings (SSSR count). The zero-order valence-electron chi connectivity index (χ0n) is 15.6. The van der Waals surface area contributed by atoms with Gasteiger partial charge in [-0.25, -0.2) is 15.0 Å². The fraction of sp³-hybridized carbons (Fsp3) is 0.500. The van der Waals surface area contributed by atoms with Crippen molar-refractivity contribution in [2.75, 3.05) is 0 Å². The zero-order chi connectivity index (χ0) is 18.7. The highest BCUT2D eigenvalue weighted by atomic mass is 16.5. The van der Waals surface area contributed by atoms with Crippen molar-refractivity contribution in [3.05, 3.63) is 29.9 Å². The number of hydrogen-bond donors (Lipinski definition) is 1. The molecule has 0 radical (unpaired) electrons. The summed E-state index contributed by atoms with van der Waals surface area (Å²) < 4.78 is 10.7. The molecule has 0 aliphatic carbocycles. The second-order valence-electron chi connectivity index (χ2n) is 6.72. The molecule has 3 aromatic rings. The largest absolute Gasteiger partial charge is 0.446 e. The minimum Gasteiger partial charge on any atom is -0.446 e. The highest BCUT2D eigenvalue weighted by Gasteiger charge is 2.18. The molecule has 0 spiro atoms. The first-order chi connectivity index (χ1) is 12.5. The van der Waals surface area contributed by atoms with Crippen LogP contribution in [0.3, 0.4) is 0 Å². The van der Waals surface area contributed by atoms with Gasteiger partial charge in [0.05, 0.1) is 6.20 Å². The van der Waals surface area contributed by atoms with Crippen LogP contribution < -0.4 is 5.73 Å². The predicted octanol–water partition coefficient (Wildman–Crippen LogP) is 3.55. The molecule has 0 amide bonds. The number of rotatable bonds is 7. The molecule has 3 aromatic heterocycles. The van der Waals surface area contributed by atoms with Gasteiger partial charge in [-0.1, -0.05) is 32.9 Å². The number of nitrogens with zero attached hydrogens (tertiary/aromatic N) is 5. The molecule has 138 valence electrons. The minimum atomic E-state index is -0.0491. The van der Waals surface area contributed by atoms with Gasteiger partial charge in [0.1, 0.15) is 22.9 Å². The fourth-order valence-electron chi connectivity index (χ4n) is 2.60. The van der Waals surface area contributed by atoms with Gasteiger partial charge in [-0.15, -0.1) is 0 Å². The van der Waals surface area contributed by atoms with Gasteiger partial charge in [0.2, 0.25) is 5.58 Å². The summed E-state index contributed by atoms with van der Waals surface area (Å²) in [7, 11) is 0. The van der Waals surface area contributed by atoms with E-state index in [0.717, 1.165) is 35.6 Å². The van der Waals surface area contributed by atoms with Crippen LogP contribution in [0.25, 0.3) is 11.1 Å². The third kappa shape index (κ3) is 3.74. The average molecular weight is 356 g/mol. The molecule has 8 nitrogen and oxygen atoms in total. The van der Waals surface area contributed by atoms with Crippen LogP contribution in [0.4, 0.5) is 5.82 Å². The van der Waals surface area contributed by atoms with Crippen molar-refractivity contribution in [1.82, 2.24) is 20.1 Å². The van der Waals surface area contributed by atoms with E-state index >= 15 is 0 Å². The van der Waals surface area contributed by atoms with Crippen LogP contribution in [-0.2, 0) is 12.8 Å². The predicted molar refractivity (Wildman–Crippen MR) is 98.3 cm³/mol. The van der Waals surface area contributed by atoms with E-state index in [1.807, 2.05) is 20.8 Å². The Labute approximate surface area is 151 Å². The maximum absolute atomic E-state index is 6.19. The Morgan fingerprint density at radius 2 is 2.08 bits per heavy atom. The lowest BCUT2D eigenvalue weighted by atomic mass is 10.0. The van der Waals surface area contributed by atoms with Gasteiger partial charge in [0.15, 0.2) is 18.0 Å². The Bertz CT molecular complexity index is 911. The lowest BCUT2D eigenvalue weighted by molar-refractivity contribution is 0.442. The molecule has 0 bridgehead atoms. The van der Waals surface area contributed by atoms with E-state index in [2.05, 4.69) is 32.0 Å². The monoisotopic (exact) mass is 356 g/mol. The van der Waals surface area contributed by atoms with E-state index in [9.17, 15) is 0 Å². The fourth-order valence-corrected chi connectivity index (χ4v) is 2.60. The molecule has 0 saturated heterocycles. The highest BCUT2D eigenvalue weighted by molar-refractivity contribution is 5.85. The summed E-state index contributed by atoms with van der Waals surface area (Å²) in [6.07, 6.45) is 5.37. The molecule has 0 fully saturated rings. The number of fused-ring (bicyclic) bond motifs is 1. The topological polar surface area (TPSA) is 116 Å². The second kappa shape index (κ2) is 7.63. The van der Waals surface area contributed by atoms with Crippen LogP contribution in [0.15, 0.2) is 26.5 Å². The number of nitrogens with two attached hydrogens (primary N) is 1. The quantitative estimate of drug-likeness (QED) is 0.508. The van der Waals surface area contributed by atoms with Crippen molar-refractivity contribution in [2.24, 2.45) is 16.6 Å². The molecule has 0 aliphatic rings. The third-order valence-corrected chi connectivity index (χ3v) is 4.15. The first-order valence-corrected chi connectivity index (χ1v) is 8.87. The van der Waals surface area contributed by atoms with Gasteiger partial charge in [0, 0.05) is 24.7 Å². The molecule has 0 aromatic carbocycles. The lowest BCUT2D eigenvalue weighted by Gasteiger charge is -2.09. The van der Waals surface area contributed by atoms with E-state index in [4.69, 9.17) is 14.7 Å². The Kier molecular flexibility index (Phi) is 5.29. The molecular formula is C18H24N6O2. The summed E-state index contributed by atoms with van der Waals surface area (Å²) in [6, 6.07) is 0. The summed E-state index contributed by atoms with van der Waals surface area (Å²) in [6.45, 7) is 8.16. The summed E-state index contributed by atoms with van der Waals surface area (Å²) in [5, 5.41) is 4.14. The summed E-state index contributed by atoms with van der Waals surface area (Å²) in [4.78, 5) is 17.5. The van der Waals surface area contributed by atoms with E-state index in [1.54, 1.807) is 6.20 Å². The Morgan fingerprint density at radius 1 is 1.27 bits per heavy atom. The van der Waals surface area contributed by atoms with E-state index in [-0.39, 0.29) is 11.8 Å². The van der Waals surface area contributed by atoms with Crippen LogP contribution in [0, 0.1) is 5.92 Å². The molecule has 2 N–H and O–H groups in total. The number of aromatic nitrogens is 4. The van der Waals surface area contributed by atoms with Crippen LogP contribution in [0.5, 0.6) is 0 Å². The standard InChI is InChI=1S/C18H24N6O2/c1-5-6-13-18(21-9-25-13)23-16(19)11(4)7-12-15-14(26-24-12)8-20-17(22-15)10(2)3/h8-11H,5-7H2,1-4H3,(H2,19,23). The third-order valence-electron chi connectivity index (χ3n) is 4.15. The molecule has 1 atom stereocenters. The molecule has 3 heterocycles. The molecule has 0 saturated carbocycles. The lowest BCUT2D eigenvalue weighted by Crippen LogP contribution is -2.23. The SMILES string of the molecule is CCCc1ocnc1N=C(N)C(C)Cc1noc2cnc(C(C)C)nc12. The number of aliphatic imine (C=N–C) groups is 1. The van der Waals surface area contributed by atoms with Crippen molar-refractivity contribution in [1.29, 1.82) is 0 Å². The number of amidine groups is 1. The Hall–Kier alpha value is -2.77. The smallest absolute Gasteiger partial charge is 0.203 e. The van der Waals surface area contributed by atoms with Crippen LogP contribution >= 0.6 is 0 Å². The molecular weight excluding hydrogens is 332 g/mol. The van der Waals surface area contributed by atoms with Gasteiger partial charge in [-0.3, -0.25) is 0 Å². The molecule has 8 heteroatoms. The first kappa shape index (κ1) is 18.0. The van der Waals surface area contributed by atoms with Crippen molar-refractivity contribution >= 4 is 22.8 Å². The zero-order valence-corrected chi connectivity index (χ0v) is 15.6. The Balaban J connectivity index is 1.81. The number of aryl methyl sites for hydroxylation is 1. The first-order valence-electron chi connectivity index (χ1n) is 8.87. The van der Waals surface area contributed by atoms with Gasteiger partial charge < -0.3 is 14.7 Å². The molecule has 0 aliphatic heterocycles. The maximum Gasteiger partial charge on any atom is 0.203 e. The van der Waals surface area contributed by atoms with Crippen molar-refractivity contribution < 1.29 is 8.94 Å². The van der Waals surface area contributed by atoms with E-state index < -0.39 is 0 Å². The van der Waals surface area contributed by atoms with Gasteiger partial charge in [0.25, 0.3) is 0 Å². The van der Waals surface area contributed by atoms with Gasteiger partial charge in [-0.05, 0) is 6.42 Å². The molecule has 1 unspecified atom stereocenters. The number of oxazole rings is 1. The van der Waals surface area contributed by atoms with E-state index in [0.29, 0.717) is 23.7 Å². The minimum absolute atomic E-state index is 0.0491. The maximum atomic E-state index is 6.19. The number of hydrogen-bond acceptors (Lipinski definition) is 7. The van der Waals surface area contributed by atoms with Gasteiger partial charge in [-0.2, -0.15) is 4.98 Å². The summed E-state index contributed by atoms with van der Waals surface area (Å²) in [5.41, 5.74) is 8.25. The van der Waals surface area contributed by atoms with Crippen LogP contribution in [0.1, 0.15) is 57.3 Å².